The van der Waals surface area contributed by atoms with E-state index in [0.717, 1.165) is 0 Å². The van der Waals surface area contributed by atoms with Crippen LogP contribution >= 0.6 is 11.6 Å². The number of hydrogen-bond acceptors (Lipinski definition) is 8. The van der Waals surface area contributed by atoms with Crippen molar-refractivity contribution in [3.05, 3.63) is 47.4 Å². The van der Waals surface area contributed by atoms with Gasteiger partial charge in [0.25, 0.3) is 0 Å². The first-order valence-electron chi connectivity index (χ1n) is 11.6. The Labute approximate surface area is 220 Å². The lowest BCUT2D eigenvalue weighted by Crippen LogP contribution is -2.48. The Morgan fingerprint density at radius 3 is 2.63 bits per heavy atom. The van der Waals surface area contributed by atoms with Crippen LogP contribution in [0.4, 0.5) is 29.5 Å². The molecular formula is C23H24ClF3N8O3. The van der Waals surface area contributed by atoms with E-state index in [1.807, 2.05) is 0 Å². The number of carbonyl (C=O) groups excluding carboxylic acids is 2. The fraction of sp³-hybridized carbons (Fsp3) is 0.391. The molecule has 38 heavy (non-hydrogen) atoms. The van der Waals surface area contributed by atoms with E-state index in [-0.39, 0.29) is 34.5 Å². The topological polar surface area (TPSA) is 136 Å². The predicted octanol–water partition coefficient (Wildman–Crippen LogP) is 4.10. The van der Waals surface area contributed by atoms with E-state index in [2.05, 4.69) is 36.2 Å². The maximum absolute atomic E-state index is 12.5. The zero-order chi connectivity index (χ0) is 27.4. The number of amides is 2. The van der Waals surface area contributed by atoms with Crippen LogP contribution in [-0.2, 0) is 16.6 Å². The molecule has 0 spiro atoms. The van der Waals surface area contributed by atoms with Crippen LogP contribution in [0.25, 0.3) is 11.4 Å². The molecule has 1 aliphatic carbocycles. The van der Waals surface area contributed by atoms with Crippen LogP contribution in [0.5, 0.6) is 0 Å². The molecular weight excluding hydrogens is 529 g/mol. The third-order valence-corrected chi connectivity index (χ3v) is 6.25. The molecule has 3 heterocycles. The van der Waals surface area contributed by atoms with Crippen LogP contribution in [0.15, 0.2) is 36.7 Å². The van der Waals surface area contributed by atoms with E-state index >= 15 is 0 Å². The molecule has 1 fully saturated rings. The molecule has 0 radical (unpaired) electrons. The van der Waals surface area contributed by atoms with Crippen molar-refractivity contribution in [2.75, 3.05) is 17.2 Å². The Balaban J connectivity index is 1.33. The smallest absolute Gasteiger partial charge is 0.413 e. The molecule has 3 aromatic rings. The Morgan fingerprint density at radius 1 is 1.21 bits per heavy atom. The van der Waals surface area contributed by atoms with Gasteiger partial charge in [0, 0.05) is 30.8 Å². The van der Waals surface area contributed by atoms with Crippen molar-refractivity contribution in [2.45, 2.75) is 38.1 Å². The Kier molecular flexibility index (Phi) is 8.11. The average Bonchev–Trinajstić information content (AvgIpc) is 3.17. The summed E-state index contributed by atoms with van der Waals surface area (Å²) < 4.78 is 43.6. The number of ether oxygens (including phenoxy) is 1. The van der Waals surface area contributed by atoms with Crippen molar-refractivity contribution in [2.24, 2.45) is 13.0 Å². The van der Waals surface area contributed by atoms with Gasteiger partial charge in [0.1, 0.15) is 11.3 Å². The normalized spacial score (nSPS) is 17.8. The second-order valence-electron chi connectivity index (χ2n) is 8.75. The first-order valence-corrected chi connectivity index (χ1v) is 11.9. The van der Waals surface area contributed by atoms with Gasteiger partial charge in [-0.1, -0.05) is 22.9 Å². The molecule has 0 unspecified atom stereocenters. The SMILES string of the molecule is C[C@@H](OC(=O)Nc1c(-c2ccc(NC(=O)C3CC(NCC(F)(F)F)C3)cn2)nnn1C)c1cccnc1Cl. The fourth-order valence-corrected chi connectivity index (χ4v) is 4.11. The molecule has 0 saturated heterocycles. The second kappa shape index (κ2) is 11.3. The molecule has 0 bridgehead atoms. The van der Waals surface area contributed by atoms with Gasteiger partial charge in [0.15, 0.2) is 11.5 Å². The molecule has 1 atom stereocenters. The van der Waals surface area contributed by atoms with Crippen molar-refractivity contribution < 1.29 is 27.5 Å². The molecule has 11 nitrogen and oxygen atoms in total. The maximum atomic E-state index is 12.5. The Morgan fingerprint density at radius 2 is 1.97 bits per heavy atom. The van der Waals surface area contributed by atoms with Crippen molar-refractivity contribution >= 4 is 35.1 Å². The lowest BCUT2D eigenvalue weighted by molar-refractivity contribution is -0.130. The van der Waals surface area contributed by atoms with E-state index < -0.39 is 24.9 Å². The molecule has 3 aromatic heterocycles. The summed E-state index contributed by atoms with van der Waals surface area (Å²) in [6, 6.07) is 6.22. The number of halogens is 4. The molecule has 0 aliphatic heterocycles. The van der Waals surface area contributed by atoms with Gasteiger partial charge < -0.3 is 15.4 Å². The summed E-state index contributed by atoms with van der Waals surface area (Å²) in [4.78, 5) is 33.2. The van der Waals surface area contributed by atoms with Crippen molar-refractivity contribution in [1.82, 2.24) is 30.3 Å². The Hall–Kier alpha value is -3.78. The average molecular weight is 553 g/mol. The van der Waals surface area contributed by atoms with Gasteiger partial charge in [-0.25, -0.2) is 14.5 Å². The molecule has 4 rings (SSSR count). The van der Waals surface area contributed by atoms with E-state index in [1.165, 1.54) is 17.1 Å². The first kappa shape index (κ1) is 27.3. The van der Waals surface area contributed by atoms with Crippen LogP contribution in [0.3, 0.4) is 0 Å². The van der Waals surface area contributed by atoms with Crippen LogP contribution in [0.2, 0.25) is 5.15 Å². The quantitative estimate of drug-likeness (QED) is 0.355. The summed E-state index contributed by atoms with van der Waals surface area (Å²) in [5, 5.41) is 15.9. The molecule has 1 aliphatic rings. The predicted molar refractivity (Wildman–Crippen MR) is 131 cm³/mol. The first-order chi connectivity index (χ1) is 18.0. The molecule has 3 N–H and O–H groups in total. The van der Waals surface area contributed by atoms with Crippen molar-refractivity contribution in [3.63, 3.8) is 0 Å². The van der Waals surface area contributed by atoms with E-state index in [4.69, 9.17) is 16.3 Å². The standard InChI is InChI=1S/C23H24ClF3N8O3/c1-12(16-4-3-7-28-19(16)24)38-22(37)32-20-18(33-34-35(20)2)17-6-5-14(10-29-17)31-21(36)13-8-15(9-13)30-11-23(25,26)27/h3-7,10,12-13,15,30H,8-9,11H2,1-2H3,(H,31,36)(H,32,37)/t12-,13?,15?/m1/s1. The molecule has 2 amide bonds. The number of rotatable bonds is 8. The summed E-state index contributed by atoms with van der Waals surface area (Å²) in [6.45, 7) is 0.578. The summed E-state index contributed by atoms with van der Waals surface area (Å²) in [5.41, 5.74) is 1.59. The minimum absolute atomic E-state index is 0.224. The van der Waals surface area contributed by atoms with Gasteiger partial charge in [-0.2, -0.15) is 13.2 Å². The number of carbonyl (C=O) groups is 2. The highest BCUT2D eigenvalue weighted by atomic mass is 35.5. The van der Waals surface area contributed by atoms with Crippen LogP contribution in [0.1, 0.15) is 31.4 Å². The van der Waals surface area contributed by atoms with E-state index in [9.17, 15) is 22.8 Å². The van der Waals surface area contributed by atoms with Gasteiger partial charge in [0.05, 0.1) is 24.1 Å². The number of pyridine rings is 2. The zero-order valence-electron chi connectivity index (χ0n) is 20.3. The van der Waals surface area contributed by atoms with Crippen LogP contribution in [-0.4, -0.2) is 55.7 Å². The molecule has 202 valence electrons. The lowest BCUT2D eigenvalue weighted by Gasteiger charge is -2.35. The van der Waals surface area contributed by atoms with Gasteiger partial charge >= 0.3 is 12.3 Å². The number of aromatic nitrogens is 5. The van der Waals surface area contributed by atoms with Crippen molar-refractivity contribution in [1.29, 1.82) is 0 Å². The zero-order valence-corrected chi connectivity index (χ0v) is 21.0. The second-order valence-corrected chi connectivity index (χ2v) is 9.11. The highest BCUT2D eigenvalue weighted by Gasteiger charge is 2.37. The molecule has 0 aromatic carbocycles. The molecule has 15 heteroatoms. The van der Waals surface area contributed by atoms with Gasteiger partial charge in [-0.15, -0.1) is 5.10 Å². The monoisotopic (exact) mass is 552 g/mol. The minimum atomic E-state index is -4.29. The Bertz CT molecular complexity index is 1300. The number of nitrogens with one attached hydrogen (secondary N) is 3. The van der Waals surface area contributed by atoms with E-state index in [0.29, 0.717) is 29.8 Å². The lowest BCUT2D eigenvalue weighted by atomic mass is 9.79. The highest BCUT2D eigenvalue weighted by molar-refractivity contribution is 6.30. The van der Waals surface area contributed by atoms with Crippen LogP contribution < -0.4 is 16.0 Å². The third-order valence-electron chi connectivity index (χ3n) is 5.93. The van der Waals surface area contributed by atoms with Gasteiger partial charge in [-0.3, -0.25) is 15.1 Å². The maximum Gasteiger partial charge on any atom is 0.413 e. The number of alkyl halides is 3. The summed E-state index contributed by atoms with van der Waals surface area (Å²) in [5.74, 6) is -0.446. The third kappa shape index (κ3) is 6.75. The van der Waals surface area contributed by atoms with Gasteiger partial charge in [-0.05, 0) is 38.0 Å². The number of nitrogens with zero attached hydrogens (tertiary/aromatic N) is 5. The van der Waals surface area contributed by atoms with E-state index in [1.54, 1.807) is 38.2 Å². The van der Waals surface area contributed by atoms with Crippen molar-refractivity contribution in [3.8, 4) is 11.4 Å². The summed E-state index contributed by atoms with van der Waals surface area (Å²) >= 11 is 6.06. The largest absolute Gasteiger partial charge is 0.441 e. The van der Waals surface area contributed by atoms with Gasteiger partial charge in [0.2, 0.25) is 5.91 Å². The minimum Gasteiger partial charge on any atom is -0.441 e. The fourth-order valence-electron chi connectivity index (χ4n) is 3.83. The number of anilines is 2. The summed E-state index contributed by atoms with van der Waals surface area (Å²) in [6.07, 6.45) is -2.14. The van der Waals surface area contributed by atoms with Crippen LogP contribution in [0, 0.1) is 5.92 Å². The highest BCUT2D eigenvalue weighted by Crippen LogP contribution is 2.30. The number of hydrogen-bond donors (Lipinski definition) is 3. The number of aryl methyl sites for hydroxylation is 1. The summed E-state index contributed by atoms with van der Waals surface area (Å²) in [7, 11) is 1.58. The molecule has 1 saturated carbocycles.